The van der Waals surface area contributed by atoms with Gasteiger partial charge in [-0.25, -0.2) is 0 Å². The van der Waals surface area contributed by atoms with Gasteiger partial charge in [-0.3, -0.25) is 4.79 Å². The molecule has 1 amide bonds. The fourth-order valence-electron chi connectivity index (χ4n) is 2.19. The molecule has 3 atom stereocenters. The van der Waals surface area contributed by atoms with E-state index >= 15 is 0 Å². The quantitative estimate of drug-likeness (QED) is 0.750. The molecule has 1 rings (SSSR count). The van der Waals surface area contributed by atoms with Crippen LogP contribution in [0.2, 0.25) is 0 Å². The van der Waals surface area contributed by atoms with Crippen molar-refractivity contribution in [3.05, 3.63) is 0 Å². The second-order valence-electron chi connectivity index (χ2n) is 5.02. The zero-order valence-corrected chi connectivity index (χ0v) is 10.1. The van der Waals surface area contributed by atoms with Crippen molar-refractivity contribution in [1.29, 1.82) is 5.26 Å². The number of nitrogens with zero attached hydrogens (tertiary/aromatic N) is 1. The van der Waals surface area contributed by atoms with Gasteiger partial charge >= 0.3 is 0 Å². The maximum atomic E-state index is 11.8. The molecule has 0 aromatic rings. The number of carbonyl (C=O) groups excluding carboxylic acids is 1. The minimum absolute atomic E-state index is 0.00992. The van der Waals surface area contributed by atoms with E-state index in [1.54, 1.807) is 0 Å². The molecule has 1 aliphatic carbocycles. The molecule has 0 heterocycles. The first-order valence-electron chi connectivity index (χ1n) is 6.00. The summed E-state index contributed by atoms with van der Waals surface area (Å²) in [7, 11) is 0. The smallest absolute Gasteiger partial charge is 0.237 e. The Kier molecular flexibility index (Phi) is 4.75. The van der Waals surface area contributed by atoms with Crippen molar-refractivity contribution >= 4 is 5.91 Å². The molecule has 0 aromatic carbocycles. The molecule has 0 bridgehead atoms. The Labute approximate surface area is 97.2 Å². The van der Waals surface area contributed by atoms with Gasteiger partial charge in [0.25, 0.3) is 0 Å². The summed E-state index contributed by atoms with van der Waals surface area (Å²) in [6.07, 6.45) is 3.50. The Bertz CT molecular complexity index is 282. The predicted molar refractivity (Wildman–Crippen MR) is 62.3 cm³/mol. The van der Waals surface area contributed by atoms with E-state index in [4.69, 9.17) is 11.0 Å². The van der Waals surface area contributed by atoms with Crippen LogP contribution in [0.3, 0.4) is 0 Å². The molecule has 0 spiro atoms. The SMILES string of the molecule is CC(C)CC(N)C(=O)NC1CCCC1C#N. The number of amides is 1. The lowest BCUT2D eigenvalue weighted by Gasteiger charge is -2.19. The molecule has 4 heteroatoms. The lowest BCUT2D eigenvalue weighted by atomic mass is 10.0. The minimum atomic E-state index is -0.444. The van der Waals surface area contributed by atoms with Crippen LogP contribution in [-0.4, -0.2) is 18.0 Å². The summed E-state index contributed by atoms with van der Waals surface area (Å²) in [6, 6.07) is 1.81. The van der Waals surface area contributed by atoms with E-state index in [1.165, 1.54) is 0 Å². The van der Waals surface area contributed by atoms with E-state index in [0.29, 0.717) is 12.3 Å². The van der Waals surface area contributed by atoms with Crippen LogP contribution in [0.25, 0.3) is 0 Å². The molecule has 3 N–H and O–H groups in total. The standard InChI is InChI=1S/C12H21N3O/c1-8(2)6-10(14)12(16)15-11-5-3-4-9(11)7-13/h8-11H,3-6,14H2,1-2H3,(H,15,16). The Hall–Kier alpha value is -1.08. The highest BCUT2D eigenvalue weighted by Crippen LogP contribution is 2.24. The largest absolute Gasteiger partial charge is 0.351 e. The molecule has 0 saturated heterocycles. The van der Waals surface area contributed by atoms with Crippen molar-refractivity contribution in [3.8, 4) is 6.07 Å². The van der Waals surface area contributed by atoms with Gasteiger partial charge in [0.15, 0.2) is 0 Å². The molecule has 4 nitrogen and oxygen atoms in total. The molecule has 0 aliphatic heterocycles. The second-order valence-corrected chi connectivity index (χ2v) is 5.02. The van der Waals surface area contributed by atoms with Crippen molar-refractivity contribution in [2.45, 2.75) is 51.6 Å². The summed E-state index contributed by atoms with van der Waals surface area (Å²) in [5, 5.41) is 11.8. The average Bonchev–Trinajstić information content (AvgIpc) is 2.64. The van der Waals surface area contributed by atoms with Gasteiger partial charge in [-0.15, -0.1) is 0 Å². The van der Waals surface area contributed by atoms with E-state index in [0.717, 1.165) is 19.3 Å². The maximum absolute atomic E-state index is 11.8. The molecule has 3 unspecified atom stereocenters. The van der Waals surface area contributed by atoms with E-state index < -0.39 is 6.04 Å². The Morgan fingerprint density at radius 3 is 2.81 bits per heavy atom. The molecular weight excluding hydrogens is 202 g/mol. The van der Waals surface area contributed by atoms with Crippen molar-refractivity contribution in [2.75, 3.05) is 0 Å². The Morgan fingerprint density at radius 2 is 2.25 bits per heavy atom. The van der Waals surface area contributed by atoms with Gasteiger partial charge in [0.05, 0.1) is 18.0 Å². The van der Waals surface area contributed by atoms with Crippen LogP contribution in [0.4, 0.5) is 0 Å². The first kappa shape index (κ1) is 13.0. The Morgan fingerprint density at radius 1 is 1.56 bits per heavy atom. The molecule has 1 fully saturated rings. The third kappa shape index (κ3) is 3.49. The molecular formula is C12H21N3O. The van der Waals surface area contributed by atoms with Gasteiger partial charge in [-0.05, 0) is 31.6 Å². The lowest BCUT2D eigenvalue weighted by molar-refractivity contribution is -0.123. The van der Waals surface area contributed by atoms with Crippen molar-refractivity contribution in [1.82, 2.24) is 5.32 Å². The minimum Gasteiger partial charge on any atom is -0.351 e. The van der Waals surface area contributed by atoms with Gasteiger partial charge in [0.2, 0.25) is 5.91 Å². The molecule has 16 heavy (non-hydrogen) atoms. The van der Waals surface area contributed by atoms with Crippen LogP contribution >= 0.6 is 0 Å². The first-order chi connectivity index (χ1) is 7.54. The fourth-order valence-corrected chi connectivity index (χ4v) is 2.19. The number of rotatable bonds is 4. The molecule has 1 aliphatic rings. The summed E-state index contributed by atoms with van der Waals surface area (Å²) >= 11 is 0. The number of nitrogens with one attached hydrogen (secondary N) is 1. The summed E-state index contributed by atoms with van der Waals surface area (Å²) in [6.45, 7) is 4.08. The van der Waals surface area contributed by atoms with E-state index in [9.17, 15) is 4.79 Å². The zero-order valence-electron chi connectivity index (χ0n) is 10.1. The van der Waals surface area contributed by atoms with Gasteiger partial charge < -0.3 is 11.1 Å². The number of hydrogen-bond donors (Lipinski definition) is 2. The molecule has 1 saturated carbocycles. The number of hydrogen-bond acceptors (Lipinski definition) is 3. The summed E-state index contributed by atoms with van der Waals surface area (Å²) in [5.74, 6) is 0.271. The third-order valence-electron chi connectivity index (χ3n) is 3.07. The van der Waals surface area contributed by atoms with Crippen LogP contribution < -0.4 is 11.1 Å². The fraction of sp³-hybridized carbons (Fsp3) is 0.833. The number of nitriles is 1. The van der Waals surface area contributed by atoms with E-state index in [2.05, 4.69) is 11.4 Å². The highest BCUT2D eigenvalue weighted by atomic mass is 16.2. The third-order valence-corrected chi connectivity index (χ3v) is 3.07. The number of carbonyl (C=O) groups is 1. The lowest BCUT2D eigenvalue weighted by Crippen LogP contribution is -2.46. The van der Waals surface area contributed by atoms with Gasteiger partial charge in [0, 0.05) is 6.04 Å². The monoisotopic (exact) mass is 223 g/mol. The average molecular weight is 223 g/mol. The topological polar surface area (TPSA) is 78.9 Å². The summed E-state index contributed by atoms with van der Waals surface area (Å²) in [4.78, 5) is 11.8. The normalized spacial score (nSPS) is 26.4. The molecule has 0 aromatic heterocycles. The molecule has 90 valence electrons. The maximum Gasteiger partial charge on any atom is 0.237 e. The van der Waals surface area contributed by atoms with Crippen LogP contribution in [0, 0.1) is 23.2 Å². The van der Waals surface area contributed by atoms with E-state index in [1.807, 2.05) is 13.8 Å². The van der Waals surface area contributed by atoms with Crippen LogP contribution in [0.15, 0.2) is 0 Å². The summed E-state index contributed by atoms with van der Waals surface area (Å²) < 4.78 is 0. The highest BCUT2D eigenvalue weighted by Gasteiger charge is 2.29. The van der Waals surface area contributed by atoms with Gasteiger partial charge in [-0.1, -0.05) is 13.8 Å². The Balaban J connectivity index is 2.42. The van der Waals surface area contributed by atoms with Gasteiger partial charge in [-0.2, -0.15) is 5.26 Å². The van der Waals surface area contributed by atoms with Crippen LogP contribution in [0.1, 0.15) is 39.5 Å². The van der Waals surface area contributed by atoms with Crippen molar-refractivity contribution < 1.29 is 4.79 Å². The van der Waals surface area contributed by atoms with Crippen LogP contribution in [-0.2, 0) is 4.79 Å². The highest BCUT2D eigenvalue weighted by molar-refractivity contribution is 5.81. The summed E-state index contributed by atoms with van der Waals surface area (Å²) in [5.41, 5.74) is 5.79. The van der Waals surface area contributed by atoms with Gasteiger partial charge in [0.1, 0.15) is 0 Å². The zero-order chi connectivity index (χ0) is 12.1. The van der Waals surface area contributed by atoms with Crippen molar-refractivity contribution in [2.24, 2.45) is 17.6 Å². The van der Waals surface area contributed by atoms with Crippen LogP contribution in [0.5, 0.6) is 0 Å². The molecule has 0 radical (unpaired) electrons. The second kappa shape index (κ2) is 5.86. The van der Waals surface area contributed by atoms with E-state index in [-0.39, 0.29) is 17.9 Å². The first-order valence-corrected chi connectivity index (χ1v) is 6.00. The predicted octanol–water partition coefficient (Wildman–Crippen LogP) is 1.17. The number of nitrogens with two attached hydrogens (primary N) is 1. The van der Waals surface area contributed by atoms with Crippen molar-refractivity contribution in [3.63, 3.8) is 0 Å².